The number of thiophene rings is 1. The summed E-state index contributed by atoms with van der Waals surface area (Å²) in [6.07, 6.45) is 0. The van der Waals surface area contributed by atoms with Crippen molar-refractivity contribution in [2.45, 2.75) is 31.6 Å². The lowest BCUT2D eigenvalue weighted by molar-refractivity contribution is -0.121. The van der Waals surface area contributed by atoms with Crippen molar-refractivity contribution in [3.63, 3.8) is 0 Å². The molecule has 4 heteroatoms. The minimum Gasteiger partial charge on any atom is -0.348 e. The molecule has 2 nitrogen and oxygen atoms in total. The Kier molecular flexibility index (Phi) is 4.80. The first-order chi connectivity index (χ1) is 7.02. The summed E-state index contributed by atoms with van der Waals surface area (Å²) >= 11 is 5.05. The minimum atomic E-state index is -0.111. The Morgan fingerprint density at radius 1 is 1.47 bits per heavy atom. The number of nitrogens with one attached hydrogen (secondary N) is 1. The molecular formula is C11H16BrNOS. The summed E-state index contributed by atoms with van der Waals surface area (Å²) in [4.78, 5) is 12.8. The second-order valence-electron chi connectivity index (χ2n) is 3.89. The van der Waals surface area contributed by atoms with Crippen LogP contribution >= 0.6 is 27.3 Å². The fourth-order valence-electron chi connectivity index (χ4n) is 1.20. The van der Waals surface area contributed by atoms with Crippen LogP contribution in [0.25, 0.3) is 0 Å². The van der Waals surface area contributed by atoms with Gasteiger partial charge in [-0.15, -0.1) is 11.3 Å². The molecule has 2 atom stereocenters. The van der Waals surface area contributed by atoms with Crippen molar-refractivity contribution in [2.75, 3.05) is 0 Å². The van der Waals surface area contributed by atoms with E-state index in [0.29, 0.717) is 5.92 Å². The van der Waals surface area contributed by atoms with Crippen molar-refractivity contribution in [3.8, 4) is 0 Å². The van der Waals surface area contributed by atoms with Gasteiger partial charge in [-0.2, -0.15) is 0 Å². The summed E-state index contributed by atoms with van der Waals surface area (Å²) in [6, 6.07) is 4.13. The highest BCUT2D eigenvalue weighted by Crippen LogP contribution is 2.20. The molecule has 84 valence electrons. The first-order valence-corrected chi connectivity index (χ1v) is 6.79. The monoisotopic (exact) mass is 289 g/mol. The molecule has 0 aliphatic heterocycles. The lowest BCUT2D eigenvalue weighted by atomic mass is 10.1. The van der Waals surface area contributed by atoms with Crippen LogP contribution in [0.5, 0.6) is 0 Å². The standard InChI is InChI=1S/C11H16BrNOS/c1-7(2)10(12)11(14)13-8(3)9-5-4-6-15-9/h4-8,10H,1-3H3,(H,13,14). The molecular weight excluding hydrogens is 274 g/mol. The zero-order chi connectivity index (χ0) is 11.4. The predicted molar refractivity (Wildman–Crippen MR) is 68.4 cm³/mol. The minimum absolute atomic E-state index is 0.0610. The molecule has 0 radical (unpaired) electrons. The number of amides is 1. The summed E-state index contributed by atoms with van der Waals surface area (Å²) in [5.74, 6) is 0.367. The van der Waals surface area contributed by atoms with Gasteiger partial charge in [0, 0.05) is 4.88 Å². The van der Waals surface area contributed by atoms with E-state index in [1.807, 2.05) is 38.3 Å². The summed E-state index contributed by atoms with van der Waals surface area (Å²) in [6.45, 7) is 6.05. The molecule has 0 saturated carbocycles. The lowest BCUT2D eigenvalue weighted by Crippen LogP contribution is -2.35. The van der Waals surface area contributed by atoms with Crippen LogP contribution < -0.4 is 5.32 Å². The maximum Gasteiger partial charge on any atom is 0.234 e. The number of halogens is 1. The Balaban J connectivity index is 2.52. The third-order valence-corrected chi connectivity index (χ3v) is 4.69. The van der Waals surface area contributed by atoms with Gasteiger partial charge >= 0.3 is 0 Å². The van der Waals surface area contributed by atoms with Crippen molar-refractivity contribution in [1.82, 2.24) is 5.32 Å². The van der Waals surface area contributed by atoms with Gasteiger partial charge in [-0.25, -0.2) is 0 Å². The highest BCUT2D eigenvalue weighted by Gasteiger charge is 2.20. The van der Waals surface area contributed by atoms with Crippen LogP contribution in [0.15, 0.2) is 17.5 Å². The zero-order valence-corrected chi connectivity index (χ0v) is 11.6. The molecule has 1 aromatic heterocycles. The summed E-state index contributed by atoms with van der Waals surface area (Å²) < 4.78 is 0. The van der Waals surface area contributed by atoms with Gasteiger partial charge in [0.15, 0.2) is 0 Å². The maximum absolute atomic E-state index is 11.7. The summed E-state index contributed by atoms with van der Waals surface area (Å²) in [5.41, 5.74) is 0. The number of carbonyl (C=O) groups excluding carboxylic acids is 1. The molecule has 0 fully saturated rings. The highest BCUT2D eigenvalue weighted by atomic mass is 79.9. The Morgan fingerprint density at radius 2 is 2.13 bits per heavy atom. The van der Waals surface area contributed by atoms with Crippen molar-refractivity contribution in [1.29, 1.82) is 0 Å². The number of alkyl halides is 1. The van der Waals surface area contributed by atoms with Gasteiger partial charge in [-0.05, 0) is 24.3 Å². The molecule has 0 bridgehead atoms. The number of hydrogen-bond acceptors (Lipinski definition) is 2. The molecule has 0 spiro atoms. The van der Waals surface area contributed by atoms with Crippen LogP contribution in [0.2, 0.25) is 0 Å². The number of rotatable bonds is 4. The number of carbonyl (C=O) groups is 1. The number of hydrogen-bond donors (Lipinski definition) is 1. The van der Waals surface area contributed by atoms with E-state index in [1.54, 1.807) is 11.3 Å². The van der Waals surface area contributed by atoms with Gasteiger partial charge in [0.05, 0.1) is 10.9 Å². The van der Waals surface area contributed by atoms with Gasteiger partial charge in [0.2, 0.25) is 5.91 Å². The Hall–Kier alpha value is -0.350. The van der Waals surface area contributed by atoms with Crippen LogP contribution in [0.4, 0.5) is 0 Å². The van der Waals surface area contributed by atoms with Crippen LogP contribution in [0.3, 0.4) is 0 Å². The average molecular weight is 290 g/mol. The van der Waals surface area contributed by atoms with Crippen LogP contribution in [-0.2, 0) is 4.79 Å². The van der Waals surface area contributed by atoms with Gasteiger partial charge in [-0.1, -0.05) is 35.8 Å². The van der Waals surface area contributed by atoms with Gasteiger partial charge in [0.1, 0.15) is 0 Å². The summed E-state index contributed by atoms with van der Waals surface area (Å²) in [7, 11) is 0. The topological polar surface area (TPSA) is 29.1 Å². The molecule has 15 heavy (non-hydrogen) atoms. The average Bonchev–Trinajstić information content (AvgIpc) is 2.68. The third-order valence-electron chi connectivity index (χ3n) is 2.16. The van der Waals surface area contributed by atoms with E-state index in [-0.39, 0.29) is 16.8 Å². The van der Waals surface area contributed by atoms with Gasteiger partial charge in [-0.3, -0.25) is 4.79 Å². The molecule has 0 aliphatic rings. The fourth-order valence-corrected chi connectivity index (χ4v) is 2.07. The van der Waals surface area contributed by atoms with Crippen molar-refractivity contribution >= 4 is 33.2 Å². The molecule has 2 unspecified atom stereocenters. The van der Waals surface area contributed by atoms with Gasteiger partial charge < -0.3 is 5.32 Å². The van der Waals surface area contributed by atoms with Crippen molar-refractivity contribution < 1.29 is 4.79 Å². The van der Waals surface area contributed by atoms with E-state index < -0.39 is 0 Å². The predicted octanol–water partition coefficient (Wildman–Crippen LogP) is 3.34. The quantitative estimate of drug-likeness (QED) is 0.847. The smallest absolute Gasteiger partial charge is 0.234 e. The third kappa shape index (κ3) is 3.61. The fraction of sp³-hybridized carbons (Fsp3) is 0.545. The van der Waals surface area contributed by atoms with Crippen molar-refractivity contribution in [3.05, 3.63) is 22.4 Å². The largest absolute Gasteiger partial charge is 0.348 e. The Bertz CT molecular complexity index is 310. The van der Waals surface area contributed by atoms with E-state index >= 15 is 0 Å². The van der Waals surface area contributed by atoms with E-state index in [0.717, 1.165) is 0 Å². The van der Waals surface area contributed by atoms with Crippen molar-refractivity contribution in [2.24, 2.45) is 5.92 Å². The Morgan fingerprint density at radius 3 is 2.60 bits per heavy atom. The normalized spacial score (nSPS) is 15.0. The van der Waals surface area contributed by atoms with Crippen LogP contribution in [-0.4, -0.2) is 10.7 Å². The second-order valence-corrected chi connectivity index (χ2v) is 5.86. The van der Waals surface area contributed by atoms with E-state index in [4.69, 9.17) is 0 Å². The SMILES string of the molecule is CC(NC(=O)C(Br)C(C)C)c1cccs1. The zero-order valence-electron chi connectivity index (χ0n) is 9.16. The van der Waals surface area contributed by atoms with E-state index in [2.05, 4.69) is 21.2 Å². The molecule has 1 rings (SSSR count). The van der Waals surface area contributed by atoms with E-state index in [1.165, 1.54) is 4.88 Å². The highest BCUT2D eigenvalue weighted by molar-refractivity contribution is 9.10. The van der Waals surface area contributed by atoms with Crippen LogP contribution in [0, 0.1) is 5.92 Å². The molecule has 0 aromatic carbocycles. The molecule has 0 aliphatic carbocycles. The molecule has 1 heterocycles. The van der Waals surface area contributed by atoms with Gasteiger partial charge in [0.25, 0.3) is 0 Å². The molecule has 0 saturated heterocycles. The maximum atomic E-state index is 11.7. The molecule has 1 N–H and O–H groups in total. The second kappa shape index (κ2) is 5.66. The first kappa shape index (κ1) is 12.7. The van der Waals surface area contributed by atoms with Crippen LogP contribution in [0.1, 0.15) is 31.7 Å². The molecule has 1 amide bonds. The first-order valence-electron chi connectivity index (χ1n) is 5.00. The lowest BCUT2D eigenvalue weighted by Gasteiger charge is -2.17. The van der Waals surface area contributed by atoms with E-state index in [9.17, 15) is 4.79 Å². The Labute approximate surface area is 103 Å². The molecule has 1 aromatic rings. The summed E-state index contributed by atoms with van der Waals surface area (Å²) in [5, 5.41) is 5.01.